The smallest absolute Gasteiger partial charge is 0.241 e. The molecule has 2 aromatic carbocycles. The number of hydrazone groups is 1. The van der Waals surface area contributed by atoms with Gasteiger partial charge in [0.2, 0.25) is 5.91 Å². The average molecular weight is 431 g/mol. The lowest BCUT2D eigenvalue weighted by atomic mass is 9.65. The maximum atomic E-state index is 13.8. The molecule has 2 aromatic rings. The fourth-order valence-electron chi connectivity index (χ4n) is 4.92. The van der Waals surface area contributed by atoms with Crippen molar-refractivity contribution in [1.82, 2.24) is 5.01 Å². The minimum absolute atomic E-state index is 0.113. The molecule has 0 radical (unpaired) electrons. The van der Waals surface area contributed by atoms with Gasteiger partial charge >= 0.3 is 0 Å². The summed E-state index contributed by atoms with van der Waals surface area (Å²) in [6.45, 7) is 5.48. The molecule has 2 aliphatic rings. The Labute approximate surface area is 187 Å². The summed E-state index contributed by atoms with van der Waals surface area (Å²) < 4.78 is 5.27. The zero-order valence-corrected chi connectivity index (χ0v) is 18.6. The molecule has 1 fully saturated rings. The lowest BCUT2D eigenvalue weighted by Gasteiger charge is -2.35. The van der Waals surface area contributed by atoms with E-state index in [1.165, 1.54) is 0 Å². The molecule has 164 valence electrons. The second kappa shape index (κ2) is 7.49. The minimum Gasteiger partial charge on any atom is -0.497 e. The van der Waals surface area contributed by atoms with Gasteiger partial charge in [-0.2, -0.15) is 10.4 Å². The number of carbonyl (C=O) groups is 2. The molecule has 0 spiro atoms. The fraction of sp³-hybridized carbons (Fsp3) is 0.360. The number of methoxy groups -OCH3 is 1. The van der Waals surface area contributed by atoms with Crippen LogP contribution in [0.5, 0.6) is 5.75 Å². The number of amides is 1. The zero-order chi connectivity index (χ0) is 23.3. The van der Waals surface area contributed by atoms with Crippen molar-refractivity contribution in [3.8, 4) is 11.8 Å². The largest absolute Gasteiger partial charge is 0.497 e. The zero-order valence-electron chi connectivity index (χ0n) is 18.6. The second-order valence-corrected chi connectivity index (χ2v) is 9.31. The Morgan fingerprint density at radius 2 is 1.81 bits per heavy atom. The van der Waals surface area contributed by atoms with Crippen LogP contribution < -0.4 is 10.5 Å². The van der Waals surface area contributed by atoms with E-state index in [4.69, 9.17) is 10.5 Å². The van der Waals surface area contributed by atoms with Crippen molar-refractivity contribution in [3.63, 3.8) is 0 Å². The Morgan fingerprint density at radius 3 is 2.38 bits per heavy atom. The predicted molar refractivity (Wildman–Crippen MR) is 120 cm³/mol. The van der Waals surface area contributed by atoms with Crippen LogP contribution >= 0.6 is 0 Å². The van der Waals surface area contributed by atoms with Crippen LogP contribution in [0, 0.1) is 22.2 Å². The molecule has 4 rings (SSSR count). The first kappa shape index (κ1) is 21.6. The van der Waals surface area contributed by atoms with E-state index in [1.807, 2.05) is 45.0 Å². The van der Waals surface area contributed by atoms with Crippen molar-refractivity contribution in [2.24, 2.45) is 21.7 Å². The monoisotopic (exact) mass is 430 g/mol. The predicted octanol–water partition coefficient (Wildman–Crippen LogP) is 3.16. The Bertz CT molecular complexity index is 1140. The topological polar surface area (TPSA) is 109 Å². The average Bonchev–Trinajstić information content (AvgIpc) is 3.09. The van der Waals surface area contributed by atoms with E-state index in [0.717, 1.165) is 11.1 Å². The molecule has 0 saturated carbocycles. The molecule has 1 amide bonds. The first-order valence-electron chi connectivity index (χ1n) is 10.5. The summed E-state index contributed by atoms with van der Waals surface area (Å²) in [4.78, 5) is 26.9. The molecule has 1 saturated heterocycles. The summed E-state index contributed by atoms with van der Waals surface area (Å²) >= 11 is 0. The molecular weight excluding hydrogens is 404 g/mol. The van der Waals surface area contributed by atoms with Gasteiger partial charge < -0.3 is 10.5 Å². The van der Waals surface area contributed by atoms with Gasteiger partial charge in [0.1, 0.15) is 17.8 Å². The van der Waals surface area contributed by atoms with E-state index in [2.05, 4.69) is 11.2 Å². The molecule has 0 aromatic heterocycles. The molecule has 0 unspecified atom stereocenters. The molecule has 32 heavy (non-hydrogen) atoms. The number of ether oxygens (including phenoxy) is 1. The highest BCUT2D eigenvalue weighted by atomic mass is 16.5. The standard InChI is InChI=1S/C25H26N4O3/c1-24(2,3)22(30)20-19(15-9-11-17(32-4)12-10-15)25(14-26,23(27)31)21-18-8-6-5-7-16(18)13-28-29(20)21/h5-13,19-21H,1-4H3,(H2,27,31)/t19-,20-,21-,25-/m1/s1. The fourth-order valence-corrected chi connectivity index (χ4v) is 4.92. The molecule has 7 heteroatoms. The molecule has 2 aliphatic heterocycles. The number of primary amides is 1. The van der Waals surface area contributed by atoms with Gasteiger partial charge in [-0.15, -0.1) is 0 Å². The van der Waals surface area contributed by atoms with Gasteiger partial charge in [-0.3, -0.25) is 14.6 Å². The summed E-state index contributed by atoms with van der Waals surface area (Å²) in [6.07, 6.45) is 1.67. The van der Waals surface area contributed by atoms with Gasteiger partial charge in [-0.1, -0.05) is 57.2 Å². The number of ketones is 1. The Kier molecular flexibility index (Phi) is 5.04. The summed E-state index contributed by atoms with van der Waals surface area (Å²) in [5.74, 6) is -1.06. The van der Waals surface area contributed by atoms with Crippen molar-refractivity contribution in [2.45, 2.75) is 38.8 Å². The summed E-state index contributed by atoms with van der Waals surface area (Å²) in [6, 6.07) is 15.2. The number of nitriles is 1. The van der Waals surface area contributed by atoms with Crippen LogP contribution in [0.3, 0.4) is 0 Å². The lowest BCUT2D eigenvalue weighted by Crippen LogP contribution is -2.45. The lowest BCUT2D eigenvalue weighted by molar-refractivity contribution is -0.131. The van der Waals surface area contributed by atoms with Gasteiger partial charge in [-0.05, 0) is 28.8 Å². The highest BCUT2D eigenvalue weighted by Crippen LogP contribution is 2.60. The van der Waals surface area contributed by atoms with Crippen LogP contribution in [-0.4, -0.2) is 36.1 Å². The van der Waals surface area contributed by atoms with Crippen LogP contribution in [0.25, 0.3) is 0 Å². The maximum Gasteiger partial charge on any atom is 0.241 e. The van der Waals surface area contributed by atoms with Crippen LogP contribution in [0.15, 0.2) is 53.6 Å². The number of carbonyl (C=O) groups excluding carboxylic acids is 2. The normalized spacial score (nSPS) is 26.1. The minimum atomic E-state index is -1.70. The second-order valence-electron chi connectivity index (χ2n) is 9.31. The third-order valence-electron chi connectivity index (χ3n) is 6.48. The summed E-state index contributed by atoms with van der Waals surface area (Å²) in [7, 11) is 1.56. The first-order chi connectivity index (χ1) is 15.2. The van der Waals surface area contributed by atoms with Crippen LogP contribution in [-0.2, 0) is 9.59 Å². The molecule has 4 atom stereocenters. The van der Waals surface area contributed by atoms with E-state index >= 15 is 0 Å². The maximum absolute atomic E-state index is 13.8. The molecule has 0 aliphatic carbocycles. The molecule has 7 nitrogen and oxygen atoms in total. The van der Waals surface area contributed by atoms with Gasteiger partial charge in [0, 0.05) is 11.3 Å². The van der Waals surface area contributed by atoms with E-state index in [-0.39, 0.29) is 5.78 Å². The Morgan fingerprint density at radius 1 is 1.16 bits per heavy atom. The van der Waals surface area contributed by atoms with Crippen molar-refractivity contribution < 1.29 is 14.3 Å². The molecule has 0 bridgehead atoms. The Balaban J connectivity index is 2.03. The number of hydrogen-bond donors (Lipinski definition) is 1. The van der Waals surface area contributed by atoms with Gasteiger partial charge in [0.15, 0.2) is 11.2 Å². The van der Waals surface area contributed by atoms with E-state index in [9.17, 15) is 14.9 Å². The number of hydrogen-bond acceptors (Lipinski definition) is 6. The van der Waals surface area contributed by atoms with Crippen LogP contribution in [0.4, 0.5) is 0 Å². The number of benzene rings is 2. The highest BCUT2D eigenvalue weighted by Gasteiger charge is 2.67. The number of fused-ring (bicyclic) bond motifs is 3. The van der Waals surface area contributed by atoms with Crippen molar-refractivity contribution >= 4 is 17.9 Å². The van der Waals surface area contributed by atoms with Crippen molar-refractivity contribution in [3.05, 3.63) is 65.2 Å². The third kappa shape index (κ3) is 2.98. The first-order valence-corrected chi connectivity index (χ1v) is 10.5. The third-order valence-corrected chi connectivity index (χ3v) is 6.48. The quantitative estimate of drug-likeness (QED) is 0.801. The molecular formula is C25H26N4O3. The number of rotatable bonds is 4. The van der Waals surface area contributed by atoms with Crippen molar-refractivity contribution in [2.75, 3.05) is 7.11 Å². The summed E-state index contributed by atoms with van der Waals surface area (Å²) in [5, 5.41) is 16.7. The molecule has 2 N–H and O–H groups in total. The van der Waals surface area contributed by atoms with Crippen molar-refractivity contribution in [1.29, 1.82) is 5.26 Å². The number of nitrogens with zero attached hydrogens (tertiary/aromatic N) is 3. The van der Waals surface area contributed by atoms with Crippen LogP contribution in [0.2, 0.25) is 0 Å². The van der Waals surface area contributed by atoms with E-state index in [1.54, 1.807) is 42.6 Å². The Hall–Kier alpha value is -3.66. The van der Waals surface area contributed by atoms with Gasteiger partial charge in [0.05, 0.1) is 19.4 Å². The van der Waals surface area contributed by atoms with E-state index in [0.29, 0.717) is 11.3 Å². The number of nitrogens with two attached hydrogens (primary N) is 1. The highest BCUT2D eigenvalue weighted by molar-refractivity contribution is 5.96. The van der Waals surface area contributed by atoms with Gasteiger partial charge in [0.25, 0.3) is 0 Å². The molecule has 2 heterocycles. The van der Waals surface area contributed by atoms with E-state index < -0.39 is 34.7 Å². The van der Waals surface area contributed by atoms with Crippen LogP contribution in [0.1, 0.15) is 49.4 Å². The SMILES string of the molecule is COc1ccc([C@@H]2[C@H](C(=O)C(C)(C)C)N3N=Cc4ccccc4[C@@H]3[C@]2(C#N)C(N)=O)cc1. The number of Topliss-reactive ketones (excluding diaryl/α,β-unsaturated/α-hetero) is 1. The van der Waals surface area contributed by atoms with Gasteiger partial charge in [-0.25, -0.2) is 0 Å². The summed E-state index contributed by atoms with van der Waals surface area (Å²) in [5.41, 5.74) is 5.78.